The monoisotopic (exact) mass is 699 g/mol. The molecule has 2 aromatic carbocycles. The minimum Gasteiger partial charge on any atom is -0.493 e. The number of esters is 1. The Hall–Kier alpha value is -3.54. The average Bonchev–Trinajstić information content (AvgIpc) is 3.54. The third-order valence-corrected chi connectivity index (χ3v) is 9.36. The number of benzene rings is 2. The van der Waals surface area contributed by atoms with Crippen LogP contribution in [0.25, 0.3) is 0 Å². The molecule has 2 atom stereocenters. The van der Waals surface area contributed by atoms with Crippen molar-refractivity contribution in [1.29, 1.82) is 0 Å². The van der Waals surface area contributed by atoms with Crippen LogP contribution >= 0.6 is 11.3 Å². The fraction of sp³-hybridized carbons (Fsp3) is 0.500. The van der Waals surface area contributed by atoms with Crippen LogP contribution in [-0.4, -0.2) is 30.8 Å². The van der Waals surface area contributed by atoms with Gasteiger partial charge in [0.2, 0.25) is 0 Å². The summed E-state index contributed by atoms with van der Waals surface area (Å²) >= 11 is 1.11. The summed E-state index contributed by atoms with van der Waals surface area (Å²) in [5.74, 6) is -0.512. The molecule has 2 unspecified atom stereocenters. The summed E-state index contributed by atoms with van der Waals surface area (Å²) in [6.07, 6.45) is -11.2. The molecule has 12 heteroatoms. The summed E-state index contributed by atoms with van der Waals surface area (Å²) in [7, 11) is 0. The zero-order valence-electron chi connectivity index (χ0n) is 27.9. The molecule has 0 aliphatic heterocycles. The van der Waals surface area contributed by atoms with Crippen molar-refractivity contribution in [3.05, 3.63) is 81.5 Å². The number of carbonyl (C=O) groups excluding carboxylic acids is 2. The van der Waals surface area contributed by atoms with Gasteiger partial charge >= 0.3 is 23.9 Å². The predicted octanol–water partition coefficient (Wildman–Crippen LogP) is 11.0. The van der Waals surface area contributed by atoms with Gasteiger partial charge in [-0.2, -0.15) is 26.3 Å². The van der Waals surface area contributed by atoms with Gasteiger partial charge in [-0.05, 0) is 83.7 Å². The molecule has 1 amide bonds. The summed E-state index contributed by atoms with van der Waals surface area (Å²) in [6.45, 7) is 12.6. The van der Waals surface area contributed by atoms with Crippen molar-refractivity contribution in [3.63, 3.8) is 0 Å². The molecule has 3 aromatic rings. The summed E-state index contributed by atoms with van der Waals surface area (Å²) in [5.41, 5.74) is -4.16. The highest BCUT2D eigenvalue weighted by Crippen LogP contribution is 2.53. The Morgan fingerprint density at radius 3 is 1.94 bits per heavy atom. The molecule has 3 rings (SSSR count). The number of amides is 1. The SMILES string of the molecule is CCC(c1ccc(OCCCC(=O)OC(c2ccc(NC(=O)c3cccs3)cc2)(C(F)(F)F)C(F)(F)F)c(C(CC)C(C)C)c1)C(C)C. The Morgan fingerprint density at radius 1 is 0.833 bits per heavy atom. The Morgan fingerprint density at radius 2 is 1.44 bits per heavy atom. The van der Waals surface area contributed by atoms with E-state index >= 15 is 0 Å². The van der Waals surface area contributed by atoms with Gasteiger partial charge in [0.05, 0.1) is 11.5 Å². The molecule has 1 aromatic heterocycles. The van der Waals surface area contributed by atoms with E-state index < -0.39 is 41.8 Å². The second-order valence-electron chi connectivity index (χ2n) is 12.4. The van der Waals surface area contributed by atoms with E-state index in [2.05, 4.69) is 57.7 Å². The number of thiophene rings is 1. The van der Waals surface area contributed by atoms with E-state index in [4.69, 9.17) is 4.74 Å². The van der Waals surface area contributed by atoms with E-state index in [-0.39, 0.29) is 30.6 Å². The molecule has 5 nitrogen and oxygen atoms in total. The van der Waals surface area contributed by atoms with Crippen LogP contribution in [-0.2, 0) is 15.1 Å². The summed E-state index contributed by atoms with van der Waals surface area (Å²) < 4.78 is 96.2. The fourth-order valence-corrected chi connectivity index (χ4v) is 6.65. The van der Waals surface area contributed by atoms with Crippen molar-refractivity contribution >= 4 is 28.9 Å². The Bertz CT molecular complexity index is 1470. The molecule has 0 saturated heterocycles. The second kappa shape index (κ2) is 16.2. The van der Waals surface area contributed by atoms with Crippen LogP contribution < -0.4 is 10.1 Å². The molecule has 0 aliphatic carbocycles. The van der Waals surface area contributed by atoms with Crippen molar-refractivity contribution in [1.82, 2.24) is 0 Å². The number of anilines is 1. The Kier molecular flexibility index (Phi) is 13.2. The Labute approximate surface area is 282 Å². The van der Waals surface area contributed by atoms with Gasteiger partial charge in [-0.1, -0.05) is 71.9 Å². The number of ether oxygens (including phenoxy) is 2. The van der Waals surface area contributed by atoms with Gasteiger partial charge < -0.3 is 14.8 Å². The number of hydrogen-bond donors (Lipinski definition) is 1. The lowest BCUT2D eigenvalue weighted by Gasteiger charge is -2.37. The maximum Gasteiger partial charge on any atom is 0.442 e. The largest absolute Gasteiger partial charge is 0.493 e. The van der Waals surface area contributed by atoms with E-state index in [9.17, 15) is 35.9 Å². The van der Waals surface area contributed by atoms with Crippen molar-refractivity contribution in [2.24, 2.45) is 11.8 Å². The van der Waals surface area contributed by atoms with Crippen molar-refractivity contribution in [2.45, 2.75) is 97.0 Å². The lowest BCUT2D eigenvalue weighted by atomic mass is 9.81. The smallest absolute Gasteiger partial charge is 0.442 e. The van der Waals surface area contributed by atoms with Crippen molar-refractivity contribution < 1.29 is 45.4 Å². The Balaban J connectivity index is 1.78. The highest BCUT2D eigenvalue weighted by molar-refractivity contribution is 7.12. The van der Waals surface area contributed by atoms with Gasteiger partial charge in [-0.15, -0.1) is 11.3 Å². The third kappa shape index (κ3) is 8.92. The quantitative estimate of drug-likeness (QED) is 0.0974. The van der Waals surface area contributed by atoms with E-state index in [0.717, 1.165) is 41.9 Å². The van der Waals surface area contributed by atoms with Crippen LogP contribution in [0.4, 0.5) is 32.0 Å². The van der Waals surface area contributed by atoms with Crippen molar-refractivity contribution in [2.75, 3.05) is 11.9 Å². The first-order valence-electron chi connectivity index (χ1n) is 16.0. The highest BCUT2D eigenvalue weighted by Gasteiger charge is 2.75. The van der Waals surface area contributed by atoms with Crippen LogP contribution in [0.1, 0.15) is 105 Å². The maximum absolute atomic E-state index is 14.3. The van der Waals surface area contributed by atoms with E-state index in [1.165, 1.54) is 11.6 Å². The summed E-state index contributed by atoms with van der Waals surface area (Å²) in [4.78, 5) is 25.2. The molecular weight excluding hydrogens is 656 g/mol. The molecule has 1 N–H and O–H groups in total. The maximum atomic E-state index is 14.3. The van der Waals surface area contributed by atoms with Crippen LogP contribution in [0, 0.1) is 11.8 Å². The molecule has 1 heterocycles. The zero-order chi connectivity index (χ0) is 35.9. The van der Waals surface area contributed by atoms with Gasteiger partial charge in [-0.25, -0.2) is 0 Å². The molecule has 0 saturated carbocycles. The minimum atomic E-state index is -6.05. The highest BCUT2D eigenvalue weighted by atomic mass is 32.1. The first-order chi connectivity index (χ1) is 22.5. The number of hydrogen-bond acceptors (Lipinski definition) is 5. The molecule has 0 bridgehead atoms. The normalized spacial score (nSPS) is 13.8. The molecule has 0 radical (unpaired) electrons. The van der Waals surface area contributed by atoms with Crippen LogP contribution in [0.5, 0.6) is 5.75 Å². The van der Waals surface area contributed by atoms with Crippen LogP contribution in [0.2, 0.25) is 0 Å². The van der Waals surface area contributed by atoms with E-state index in [1.807, 2.05) is 12.1 Å². The van der Waals surface area contributed by atoms with Gasteiger partial charge in [0.1, 0.15) is 5.75 Å². The number of carbonyl (C=O) groups is 2. The standard InChI is InChI=1S/C36H43F6NO4S/c1-7-27(22(3)4)24-13-18-30(29(21-24)28(8-2)23(5)6)46-19-9-12-32(44)47-34(35(37,38)39,36(40,41)42)25-14-16-26(17-15-25)43-33(45)31-11-10-20-48-31/h10-11,13-18,20-23,27-28H,7-9,12,19H2,1-6H3,(H,43,45). The zero-order valence-corrected chi connectivity index (χ0v) is 28.7. The fourth-order valence-electron chi connectivity index (χ4n) is 6.03. The number of alkyl halides is 6. The van der Waals surface area contributed by atoms with Gasteiger partial charge in [0.25, 0.3) is 5.91 Å². The molecule has 264 valence electrons. The van der Waals surface area contributed by atoms with Crippen molar-refractivity contribution in [3.8, 4) is 5.75 Å². The van der Waals surface area contributed by atoms with Gasteiger partial charge in [0, 0.05) is 17.7 Å². The first-order valence-corrected chi connectivity index (χ1v) is 16.9. The lowest BCUT2D eigenvalue weighted by Crippen LogP contribution is -2.56. The first kappa shape index (κ1) is 38.9. The summed E-state index contributed by atoms with van der Waals surface area (Å²) in [6, 6.07) is 11.9. The topological polar surface area (TPSA) is 64.6 Å². The average molecular weight is 700 g/mol. The minimum absolute atomic E-state index is 0.0384. The molecule has 0 aliphatic rings. The molecule has 0 spiro atoms. The van der Waals surface area contributed by atoms with Gasteiger partial charge in [-0.3, -0.25) is 9.59 Å². The molecule has 0 fully saturated rings. The van der Waals surface area contributed by atoms with Crippen LogP contribution in [0.3, 0.4) is 0 Å². The number of rotatable bonds is 15. The molecular formula is C36H43F6NO4S. The van der Waals surface area contributed by atoms with Crippen LogP contribution in [0.15, 0.2) is 60.0 Å². The summed E-state index contributed by atoms with van der Waals surface area (Å²) in [5, 5.41) is 4.05. The lowest BCUT2D eigenvalue weighted by molar-refractivity contribution is -0.377. The second-order valence-corrected chi connectivity index (χ2v) is 13.4. The van der Waals surface area contributed by atoms with E-state index in [1.54, 1.807) is 11.4 Å². The third-order valence-electron chi connectivity index (χ3n) is 8.49. The number of halogens is 6. The molecule has 48 heavy (non-hydrogen) atoms. The predicted molar refractivity (Wildman–Crippen MR) is 176 cm³/mol. The van der Waals surface area contributed by atoms with Gasteiger partial charge in [0.15, 0.2) is 0 Å². The van der Waals surface area contributed by atoms with E-state index in [0.29, 0.717) is 34.6 Å². The number of nitrogens with one attached hydrogen (secondary N) is 1.